The van der Waals surface area contributed by atoms with Gasteiger partial charge in [0.2, 0.25) is 5.82 Å². The third kappa shape index (κ3) is 5.88. The minimum Gasteiger partial charge on any atom is -0.488 e. The fourth-order valence-electron chi connectivity index (χ4n) is 3.42. The minimum absolute atomic E-state index is 0.110. The summed E-state index contributed by atoms with van der Waals surface area (Å²) < 4.78 is 17.0. The van der Waals surface area contributed by atoms with Crippen molar-refractivity contribution in [1.29, 1.82) is 0 Å². The van der Waals surface area contributed by atoms with Crippen LogP contribution >= 0.6 is 0 Å². The molecule has 32 heavy (non-hydrogen) atoms. The van der Waals surface area contributed by atoms with Crippen molar-refractivity contribution >= 4 is 5.96 Å². The zero-order chi connectivity index (χ0) is 22.2. The lowest BCUT2D eigenvalue weighted by Crippen LogP contribution is -2.38. The molecule has 1 aliphatic heterocycles. The number of aryl methyl sites for hydroxylation is 1. The standard InChI is InChI=1S/C23H30N6O3/c1-3-24-23(25-10-8-21-27-22(29-28-21)19-5-4-11-31-19)26-14-17-7-6-16(2)13-20(17)32-18-9-12-30-15-18/h4-7,11,13,18H,3,8-10,12,14-15H2,1-2H3,(H2,24,25,26)(H,27,28,29). The van der Waals surface area contributed by atoms with Crippen LogP contribution in [0.25, 0.3) is 11.6 Å². The van der Waals surface area contributed by atoms with E-state index in [4.69, 9.17) is 18.9 Å². The molecule has 1 saturated heterocycles. The van der Waals surface area contributed by atoms with Crippen LogP contribution in [-0.4, -0.2) is 53.5 Å². The second-order valence-corrected chi connectivity index (χ2v) is 7.67. The molecule has 1 aliphatic rings. The van der Waals surface area contributed by atoms with E-state index in [0.717, 1.165) is 48.2 Å². The molecule has 9 heteroatoms. The van der Waals surface area contributed by atoms with Crippen molar-refractivity contribution in [3.63, 3.8) is 0 Å². The summed E-state index contributed by atoms with van der Waals surface area (Å²) in [4.78, 5) is 9.22. The van der Waals surface area contributed by atoms with Crippen LogP contribution in [0.15, 0.2) is 46.0 Å². The first-order chi connectivity index (χ1) is 15.7. The minimum atomic E-state index is 0.110. The Morgan fingerprint density at radius 2 is 2.25 bits per heavy atom. The van der Waals surface area contributed by atoms with Crippen molar-refractivity contribution in [3.8, 4) is 17.3 Å². The summed E-state index contributed by atoms with van der Waals surface area (Å²) in [5, 5.41) is 13.8. The highest BCUT2D eigenvalue weighted by Crippen LogP contribution is 2.24. The molecule has 0 bridgehead atoms. The Bertz CT molecular complexity index is 1010. The molecule has 2 aromatic heterocycles. The summed E-state index contributed by atoms with van der Waals surface area (Å²) in [5.74, 6) is 3.62. The summed E-state index contributed by atoms with van der Waals surface area (Å²) in [6, 6.07) is 9.90. The van der Waals surface area contributed by atoms with Gasteiger partial charge in [-0.15, -0.1) is 0 Å². The van der Waals surface area contributed by atoms with Gasteiger partial charge < -0.3 is 24.5 Å². The molecule has 170 valence electrons. The lowest BCUT2D eigenvalue weighted by molar-refractivity contribution is 0.140. The molecule has 3 heterocycles. The molecule has 0 spiro atoms. The number of H-pyrrole nitrogens is 1. The summed E-state index contributed by atoms with van der Waals surface area (Å²) in [7, 11) is 0. The van der Waals surface area contributed by atoms with Gasteiger partial charge in [0.1, 0.15) is 17.7 Å². The number of aromatic nitrogens is 3. The van der Waals surface area contributed by atoms with Gasteiger partial charge >= 0.3 is 0 Å². The van der Waals surface area contributed by atoms with Gasteiger partial charge in [-0.25, -0.2) is 9.98 Å². The van der Waals surface area contributed by atoms with E-state index in [1.165, 1.54) is 0 Å². The number of rotatable bonds is 9. The third-order valence-corrected chi connectivity index (χ3v) is 5.08. The predicted molar refractivity (Wildman–Crippen MR) is 122 cm³/mol. The molecule has 0 aliphatic carbocycles. The zero-order valence-electron chi connectivity index (χ0n) is 18.6. The van der Waals surface area contributed by atoms with Gasteiger partial charge in [0.05, 0.1) is 26.0 Å². The number of nitrogens with one attached hydrogen (secondary N) is 3. The van der Waals surface area contributed by atoms with E-state index < -0.39 is 0 Å². The number of guanidine groups is 1. The van der Waals surface area contributed by atoms with Gasteiger partial charge in [-0.3, -0.25) is 5.10 Å². The summed E-state index contributed by atoms with van der Waals surface area (Å²) >= 11 is 0. The third-order valence-electron chi connectivity index (χ3n) is 5.08. The Hall–Kier alpha value is -3.33. The number of furan rings is 1. The van der Waals surface area contributed by atoms with Crippen LogP contribution < -0.4 is 15.4 Å². The molecule has 1 atom stereocenters. The van der Waals surface area contributed by atoms with Crippen molar-refractivity contribution in [2.45, 2.75) is 39.3 Å². The van der Waals surface area contributed by atoms with Crippen LogP contribution in [0.4, 0.5) is 0 Å². The van der Waals surface area contributed by atoms with Crippen LogP contribution in [0.1, 0.15) is 30.3 Å². The Kier molecular flexibility index (Phi) is 7.39. The van der Waals surface area contributed by atoms with Crippen molar-refractivity contribution < 1.29 is 13.9 Å². The highest BCUT2D eigenvalue weighted by molar-refractivity contribution is 5.79. The Labute approximate surface area is 187 Å². The van der Waals surface area contributed by atoms with Gasteiger partial charge in [0, 0.05) is 31.5 Å². The number of ether oxygens (including phenoxy) is 2. The van der Waals surface area contributed by atoms with E-state index in [1.807, 2.05) is 19.1 Å². The summed E-state index contributed by atoms with van der Waals surface area (Å²) in [6.45, 7) is 7.46. The number of aromatic amines is 1. The van der Waals surface area contributed by atoms with Crippen LogP contribution in [0.3, 0.4) is 0 Å². The molecular formula is C23H30N6O3. The number of aliphatic imine (C=N–C) groups is 1. The predicted octanol–water partition coefficient (Wildman–Crippen LogP) is 2.84. The van der Waals surface area contributed by atoms with Gasteiger partial charge in [-0.1, -0.05) is 12.1 Å². The maximum absolute atomic E-state index is 6.19. The average molecular weight is 439 g/mol. The summed E-state index contributed by atoms with van der Waals surface area (Å²) in [5.41, 5.74) is 2.22. The van der Waals surface area contributed by atoms with E-state index in [2.05, 4.69) is 50.9 Å². The fourth-order valence-corrected chi connectivity index (χ4v) is 3.42. The Morgan fingerprint density at radius 1 is 1.31 bits per heavy atom. The fraction of sp³-hybridized carbons (Fsp3) is 0.435. The molecule has 4 rings (SSSR count). The van der Waals surface area contributed by atoms with E-state index in [0.29, 0.717) is 37.7 Å². The largest absolute Gasteiger partial charge is 0.488 e. The second kappa shape index (κ2) is 10.8. The average Bonchev–Trinajstić information content (AvgIpc) is 3.55. The maximum Gasteiger partial charge on any atom is 0.216 e. The lowest BCUT2D eigenvalue weighted by Gasteiger charge is -2.16. The number of nitrogens with zero attached hydrogens (tertiary/aromatic N) is 3. The molecule has 0 amide bonds. The van der Waals surface area contributed by atoms with Gasteiger partial charge in [-0.05, 0) is 37.6 Å². The van der Waals surface area contributed by atoms with Crippen LogP contribution in [-0.2, 0) is 17.7 Å². The van der Waals surface area contributed by atoms with Crippen molar-refractivity contribution in [2.75, 3.05) is 26.3 Å². The highest BCUT2D eigenvalue weighted by Gasteiger charge is 2.18. The van der Waals surface area contributed by atoms with Crippen LogP contribution in [0, 0.1) is 6.92 Å². The number of hydrogen-bond acceptors (Lipinski definition) is 6. The smallest absolute Gasteiger partial charge is 0.216 e. The van der Waals surface area contributed by atoms with Crippen LogP contribution in [0.5, 0.6) is 5.75 Å². The van der Waals surface area contributed by atoms with E-state index in [1.54, 1.807) is 6.26 Å². The molecular weight excluding hydrogens is 408 g/mol. The Morgan fingerprint density at radius 3 is 3.03 bits per heavy atom. The van der Waals surface area contributed by atoms with Crippen LogP contribution in [0.2, 0.25) is 0 Å². The molecule has 1 aromatic carbocycles. The summed E-state index contributed by atoms with van der Waals surface area (Å²) in [6.07, 6.45) is 3.32. The molecule has 3 N–H and O–H groups in total. The normalized spacial score (nSPS) is 16.3. The van der Waals surface area contributed by atoms with Gasteiger partial charge in [-0.2, -0.15) is 5.10 Å². The Balaban J connectivity index is 1.35. The van der Waals surface area contributed by atoms with Gasteiger partial charge in [0.15, 0.2) is 11.7 Å². The molecule has 1 fully saturated rings. The molecule has 1 unspecified atom stereocenters. The quantitative estimate of drug-likeness (QED) is 0.348. The van der Waals surface area contributed by atoms with E-state index in [-0.39, 0.29) is 6.10 Å². The molecule has 0 radical (unpaired) electrons. The second-order valence-electron chi connectivity index (χ2n) is 7.67. The maximum atomic E-state index is 6.19. The highest BCUT2D eigenvalue weighted by atomic mass is 16.5. The van der Waals surface area contributed by atoms with Crippen molar-refractivity contribution in [2.24, 2.45) is 4.99 Å². The van der Waals surface area contributed by atoms with Crippen molar-refractivity contribution in [1.82, 2.24) is 25.8 Å². The first-order valence-corrected chi connectivity index (χ1v) is 11.0. The molecule has 3 aromatic rings. The van der Waals surface area contributed by atoms with E-state index >= 15 is 0 Å². The zero-order valence-corrected chi connectivity index (χ0v) is 18.6. The lowest BCUT2D eigenvalue weighted by atomic mass is 10.1. The number of benzene rings is 1. The topological polar surface area (TPSA) is 110 Å². The first kappa shape index (κ1) is 21.9. The monoisotopic (exact) mass is 438 g/mol. The molecule has 0 saturated carbocycles. The van der Waals surface area contributed by atoms with Crippen molar-refractivity contribution in [3.05, 3.63) is 53.5 Å². The van der Waals surface area contributed by atoms with E-state index in [9.17, 15) is 0 Å². The van der Waals surface area contributed by atoms with Gasteiger partial charge in [0.25, 0.3) is 0 Å². The SMILES string of the molecule is CCNC(=NCc1ccc(C)cc1OC1CCOC1)NCCc1nc(-c2ccco2)n[nH]1. The number of hydrogen-bond donors (Lipinski definition) is 3. The first-order valence-electron chi connectivity index (χ1n) is 11.0. The molecule has 9 nitrogen and oxygen atoms in total.